The molecule has 1 aromatic heterocycles. The van der Waals surface area contributed by atoms with Crippen LogP contribution >= 0.6 is 0 Å². The molecule has 1 aliphatic rings. The first-order valence-corrected chi connectivity index (χ1v) is 7.09. The number of pyridine rings is 1. The van der Waals surface area contributed by atoms with E-state index < -0.39 is 11.6 Å². The van der Waals surface area contributed by atoms with Crippen molar-refractivity contribution in [3.63, 3.8) is 0 Å². The third kappa shape index (κ3) is 3.10. The van der Waals surface area contributed by atoms with Gasteiger partial charge in [-0.05, 0) is 24.3 Å². The normalized spacial score (nSPS) is 13.5. The largest absolute Gasteiger partial charge is 0.484 e. The molecule has 2 heterocycles. The van der Waals surface area contributed by atoms with Crippen molar-refractivity contribution in [3.8, 4) is 5.75 Å². The van der Waals surface area contributed by atoms with Crippen molar-refractivity contribution in [2.24, 2.45) is 0 Å². The number of amides is 2. The highest BCUT2D eigenvalue weighted by atomic mass is 19.1. The van der Waals surface area contributed by atoms with Crippen LogP contribution in [0.25, 0.3) is 4.85 Å². The molecule has 122 valence electrons. The number of nitrogens with zero attached hydrogens (tertiary/aromatic N) is 3. The molecule has 0 saturated carbocycles. The van der Waals surface area contributed by atoms with Gasteiger partial charge in [-0.1, -0.05) is 6.07 Å². The van der Waals surface area contributed by atoms with Crippen LogP contribution in [-0.4, -0.2) is 24.1 Å². The van der Waals surface area contributed by atoms with Crippen molar-refractivity contribution in [2.45, 2.75) is 6.61 Å². The molecule has 6 nitrogen and oxygen atoms in total. The molecular formula is C16H12F2N4O2. The van der Waals surface area contributed by atoms with Crippen molar-refractivity contribution in [2.75, 3.05) is 18.0 Å². The van der Waals surface area contributed by atoms with E-state index in [2.05, 4.69) is 15.1 Å². The lowest BCUT2D eigenvalue weighted by Crippen LogP contribution is -2.28. The summed E-state index contributed by atoms with van der Waals surface area (Å²) in [5.74, 6) is -1.13. The third-order valence-corrected chi connectivity index (χ3v) is 3.45. The lowest BCUT2D eigenvalue weighted by Gasteiger charge is -2.15. The third-order valence-electron chi connectivity index (χ3n) is 3.45. The fourth-order valence-corrected chi connectivity index (χ4v) is 2.24. The molecule has 0 radical (unpaired) electrons. The maximum absolute atomic E-state index is 13.9. The van der Waals surface area contributed by atoms with E-state index >= 15 is 0 Å². The number of hydrogen-bond acceptors (Lipinski definition) is 3. The van der Waals surface area contributed by atoms with Crippen LogP contribution in [0.1, 0.15) is 5.69 Å². The van der Waals surface area contributed by atoms with Crippen molar-refractivity contribution in [3.05, 3.63) is 59.1 Å². The number of aromatic nitrogens is 1. The SMILES string of the molecule is [C-]#[N+]c1ccc(OCc2nc(N3CCNC3=O)ccc2F)c(F)c1. The van der Waals surface area contributed by atoms with E-state index in [0.29, 0.717) is 18.9 Å². The fourth-order valence-electron chi connectivity index (χ4n) is 2.24. The molecule has 1 aromatic carbocycles. The van der Waals surface area contributed by atoms with E-state index in [1.54, 1.807) is 0 Å². The van der Waals surface area contributed by atoms with Crippen LogP contribution in [-0.2, 0) is 6.61 Å². The van der Waals surface area contributed by atoms with Gasteiger partial charge in [0, 0.05) is 13.1 Å². The Balaban J connectivity index is 1.78. The number of rotatable bonds is 4. The molecule has 1 saturated heterocycles. The monoisotopic (exact) mass is 330 g/mol. The van der Waals surface area contributed by atoms with Crippen LogP contribution in [0, 0.1) is 18.2 Å². The van der Waals surface area contributed by atoms with Crippen LogP contribution in [0.5, 0.6) is 5.75 Å². The topological polar surface area (TPSA) is 58.8 Å². The number of carbonyl (C=O) groups is 1. The summed E-state index contributed by atoms with van der Waals surface area (Å²) in [7, 11) is 0. The van der Waals surface area contributed by atoms with Crippen molar-refractivity contribution in [1.82, 2.24) is 10.3 Å². The van der Waals surface area contributed by atoms with E-state index in [4.69, 9.17) is 11.3 Å². The summed E-state index contributed by atoms with van der Waals surface area (Å²) in [6.45, 7) is 7.44. The van der Waals surface area contributed by atoms with Crippen LogP contribution in [0.2, 0.25) is 0 Å². The fraction of sp³-hybridized carbons (Fsp3) is 0.188. The van der Waals surface area contributed by atoms with Crippen LogP contribution in [0.4, 0.5) is 25.1 Å². The molecule has 0 aliphatic carbocycles. The van der Waals surface area contributed by atoms with Crippen LogP contribution < -0.4 is 15.0 Å². The summed E-state index contributed by atoms with van der Waals surface area (Å²) >= 11 is 0. The van der Waals surface area contributed by atoms with Gasteiger partial charge in [0.05, 0.1) is 6.57 Å². The highest BCUT2D eigenvalue weighted by molar-refractivity contribution is 5.93. The Labute approximate surface area is 136 Å². The van der Waals surface area contributed by atoms with Gasteiger partial charge in [0.2, 0.25) is 0 Å². The molecule has 1 fully saturated rings. The van der Waals surface area contributed by atoms with Crippen molar-refractivity contribution in [1.29, 1.82) is 0 Å². The average Bonchev–Trinajstić information content (AvgIpc) is 3.01. The van der Waals surface area contributed by atoms with Gasteiger partial charge < -0.3 is 10.1 Å². The summed E-state index contributed by atoms with van der Waals surface area (Å²) in [4.78, 5) is 20.2. The summed E-state index contributed by atoms with van der Waals surface area (Å²) in [5, 5.41) is 2.63. The molecular weight excluding hydrogens is 318 g/mol. The van der Waals surface area contributed by atoms with Crippen LogP contribution in [0.3, 0.4) is 0 Å². The zero-order valence-corrected chi connectivity index (χ0v) is 12.4. The number of anilines is 1. The first kappa shape index (κ1) is 15.7. The molecule has 1 N–H and O–H groups in total. The van der Waals surface area contributed by atoms with Gasteiger partial charge >= 0.3 is 6.03 Å². The molecule has 1 aliphatic heterocycles. The van der Waals surface area contributed by atoms with E-state index in [-0.39, 0.29) is 29.8 Å². The average molecular weight is 330 g/mol. The van der Waals surface area contributed by atoms with Gasteiger partial charge in [-0.2, -0.15) is 0 Å². The van der Waals surface area contributed by atoms with Gasteiger partial charge in [-0.25, -0.2) is 23.4 Å². The Hall–Kier alpha value is -3.21. The number of halogens is 2. The van der Waals surface area contributed by atoms with E-state index in [9.17, 15) is 13.6 Å². The summed E-state index contributed by atoms with van der Waals surface area (Å²) in [6.07, 6.45) is 0. The standard InChI is InChI=1S/C16H12F2N4O2/c1-19-10-2-4-14(12(18)8-10)24-9-13-11(17)3-5-15(21-13)22-7-6-20-16(22)23/h2-5,8H,6-7,9H2,(H,20,23). The highest BCUT2D eigenvalue weighted by Gasteiger charge is 2.23. The van der Waals surface area contributed by atoms with E-state index in [0.717, 1.165) is 6.07 Å². The lowest BCUT2D eigenvalue weighted by molar-refractivity contribution is 0.252. The predicted octanol–water partition coefficient (Wildman–Crippen LogP) is 3.02. The van der Waals surface area contributed by atoms with Gasteiger partial charge in [0.1, 0.15) is 23.9 Å². The van der Waals surface area contributed by atoms with Crippen LogP contribution in [0.15, 0.2) is 30.3 Å². The van der Waals surface area contributed by atoms with Crippen molar-refractivity contribution >= 4 is 17.5 Å². The number of nitrogens with one attached hydrogen (secondary N) is 1. The molecule has 3 rings (SSSR count). The van der Waals surface area contributed by atoms with Crippen molar-refractivity contribution < 1.29 is 18.3 Å². The first-order chi connectivity index (χ1) is 11.6. The van der Waals surface area contributed by atoms with Gasteiger partial charge in [-0.3, -0.25) is 4.90 Å². The van der Waals surface area contributed by atoms with Gasteiger partial charge in [0.25, 0.3) is 0 Å². The molecule has 0 atom stereocenters. The molecule has 8 heteroatoms. The second-order valence-electron chi connectivity index (χ2n) is 5.00. The maximum Gasteiger partial charge on any atom is 0.323 e. The molecule has 0 spiro atoms. The van der Waals surface area contributed by atoms with Gasteiger partial charge in [0.15, 0.2) is 17.3 Å². The van der Waals surface area contributed by atoms with Gasteiger partial charge in [-0.15, -0.1) is 0 Å². The molecule has 2 aromatic rings. The lowest BCUT2D eigenvalue weighted by atomic mass is 10.3. The quantitative estimate of drug-likeness (QED) is 0.877. The molecule has 0 unspecified atom stereocenters. The highest BCUT2D eigenvalue weighted by Crippen LogP contribution is 2.24. The first-order valence-electron chi connectivity index (χ1n) is 7.09. The Kier molecular flexibility index (Phi) is 4.24. The molecule has 2 amide bonds. The number of urea groups is 1. The molecule has 0 bridgehead atoms. The minimum Gasteiger partial charge on any atom is -0.484 e. The maximum atomic E-state index is 13.9. The summed E-state index contributed by atoms with van der Waals surface area (Å²) in [6, 6.07) is 6.03. The Morgan fingerprint density at radius 2 is 2.12 bits per heavy atom. The summed E-state index contributed by atoms with van der Waals surface area (Å²) < 4.78 is 32.9. The Morgan fingerprint density at radius 1 is 1.29 bits per heavy atom. The minimum atomic E-state index is -0.709. The Morgan fingerprint density at radius 3 is 2.79 bits per heavy atom. The van der Waals surface area contributed by atoms with E-state index in [1.165, 1.54) is 29.2 Å². The predicted molar refractivity (Wildman–Crippen MR) is 81.9 cm³/mol. The Bertz CT molecular complexity index is 835. The second kappa shape index (κ2) is 6.50. The number of ether oxygens (including phenoxy) is 1. The second-order valence-corrected chi connectivity index (χ2v) is 5.00. The smallest absolute Gasteiger partial charge is 0.323 e. The zero-order chi connectivity index (χ0) is 17.1. The summed E-state index contributed by atoms with van der Waals surface area (Å²) in [5.41, 5.74) is 0.104. The molecule has 24 heavy (non-hydrogen) atoms. The number of hydrogen-bond donors (Lipinski definition) is 1. The number of benzene rings is 1. The van der Waals surface area contributed by atoms with E-state index in [1.807, 2.05) is 0 Å². The minimum absolute atomic E-state index is 0.0409. The number of carbonyl (C=O) groups excluding carboxylic acids is 1. The zero-order valence-electron chi connectivity index (χ0n) is 12.4.